The van der Waals surface area contributed by atoms with Gasteiger partial charge in [-0.3, -0.25) is 0 Å². The molecule has 1 atom stereocenters. The van der Waals surface area contributed by atoms with Crippen molar-refractivity contribution in [3.8, 4) is 11.5 Å². The van der Waals surface area contributed by atoms with E-state index < -0.39 is 12.0 Å². The minimum absolute atomic E-state index is 0.207. The van der Waals surface area contributed by atoms with Crippen molar-refractivity contribution in [3.05, 3.63) is 18.2 Å². The Morgan fingerprint density at radius 3 is 2.61 bits per heavy atom. The first-order valence-electron chi connectivity index (χ1n) is 5.87. The van der Waals surface area contributed by atoms with Gasteiger partial charge in [0.05, 0.1) is 19.9 Å². The van der Waals surface area contributed by atoms with E-state index in [0.29, 0.717) is 17.2 Å². The van der Waals surface area contributed by atoms with Crippen LogP contribution in [0.2, 0.25) is 0 Å². The number of rotatable bonds is 6. The van der Waals surface area contributed by atoms with Crippen LogP contribution in [0.3, 0.4) is 0 Å². The maximum atomic E-state index is 11.2. The largest absolute Gasteiger partial charge is 0.497 e. The number of ether oxygens (including phenoxy) is 2. The van der Waals surface area contributed by atoms with Crippen LogP contribution >= 0.6 is 0 Å². The molecule has 1 fully saturated rings. The van der Waals surface area contributed by atoms with Crippen LogP contribution in [0.15, 0.2) is 18.2 Å². The van der Waals surface area contributed by atoms with Gasteiger partial charge in [0.2, 0.25) is 0 Å². The molecule has 98 valence electrons. The standard InChI is InChI=1S/C13H17NO4/c1-17-9-5-6-11(18-2)10(7-9)14-12(13(15)16)8-3-4-8/h5-8,12,14H,3-4H2,1-2H3,(H,15,16). The van der Waals surface area contributed by atoms with Gasteiger partial charge in [0, 0.05) is 6.07 Å². The summed E-state index contributed by atoms with van der Waals surface area (Å²) in [6.45, 7) is 0. The molecule has 1 unspecified atom stereocenters. The Morgan fingerprint density at radius 1 is 1.39 bits per heavy atom. The summed E-state index contributed by atoms with van der Waals surface area (Å²) in [4.78, 5) is 11.2. The highest BCUT2D eigenvalue weighted by Gasteiger charge is 2.36. The first kappa shape index (κ1) is 12.5. The van der Waals surface area contributed by atoms with Crippen molar-refractivity contribution in [3.63, 3.8) is 0 Å². The molecule has 0 aromatic heterocycles. The first-order valence-corrected chi connectivity index (χ1v) is 5.87. The third kappa shape index (κ3) is 2.67. The van der Waals surface area contributed by atoms with Crippen LogP contribution in [0.1, 0.15) is 12.8 Å². The maximum Gasteiger partial charge on any atom is 0.326 e. The summed E-state index contributed by atoms with van der Waals surface area (Å²) in [5.74, 6) is 0.654. The molecule has 0 amide bonds. The molecule has 5 heteroatoms. The maximum absolute atomic E-state index is 11.2. The highest BCUT2D eigenvalue weighted by molar-refractivity contribution is 5.79. The van der Waals surface area contributed by atoms with E-state index >= 15 is 0 Å². The number of carboxylic acid groups (broad SMARTS) is 1. The Labute approximate surface area is 106 Å². The molecule has 0 heterocycles. The Kier molecular flexibility index (Phi) is 3.60. The smallest absolute Gasteiger partial charge is 0.326 e. The van der Waals surface area contributed by atoms with Crippen LogP contribution in [0, 0.1) is 5.92 Å². The molecule has 1 aromatic carbocycles. The predicted octanol–water partition coefficient (Wildman–Crippen LogP) is 1.98. The number of aliphatic carboxylic acids is 1. The number of hydrogen-bond acceptors (Lipinski definition) is 4. The van der Waals surface area contributed by atoms with E-state index in [0.717, 1.165) is 12.8 Å². The molecule has 2 rings (SSSR count). The zero-order valence-electron chi connectivity index (χ0n) is 10.5. The fraction of sp³-hybridized carbons (Fsp3) is 0.462. The average Bonchev–Trinajstić information content (AvgIpc) is 3.19. The minimum Gasteiger partial charge on any atom is -0.497 e. The quantitative estimate of drug-likeness (QED) is 0.809. The van der Waals surface area contributed by atoms with Crippen LogP contribution in [0.25, 0.3) is 0 Å². The van der Waals surface area contributed by atoms with Crippen molar-refractivity contribution in [2.24, 2.45) is 5.92 Å². The third-order valence-corrected chi connectivity index (χ3v) is 3.08. The van der Waals surface area contributed by atoms with E-state index in [1.54, 1.807) is 32.4 Å². The van der Waals surface area contributed by atoms with E-state index in [2.05, 4.69) is 5.32 Å². The average molecular weight is 251 g/mol. The molecule has 0 spiro atoms. The fourth-order valence-corrected chi connectivity index (χ4v) is 1.91. The Balaban J connectivity index is 2.22. The monoisotopic (exact) mass is 251 g/mol. The third-order valence-electron chi connectivity index (χ3n) is 3.08. The topological polar surface area (TPSA) is 67.8 Å². The molecular weight excluding hydrogens is 234 g/mol. The zero-order valence-corrected chi connectivity index (χ0v) is 10.5. The summed E-state index contributed by atoms with van der Waals surface area (Å²) < 4.78 is 10.3. The molecule has 0 aliphatic heterocycles. The number of hydrogen-bond donors (Lipinski definition) is 2. The number of benzene rings is 1. The van der Waals surface area contributed by atoms with Crippen LogP contribution in [0.4, 0.5) is 5.69 Å². The number of nitrogens with one attached hydrogen (secondary N) is 1. The molecule has 1 aliphatic carbocycles. The molecule has 1 saturated carbocycles. The molecular formula is C13H17NO4. The zero-order chi connectivity index (χ0) is 13.1. The lowest BCUT2D eigenvalue weighted by Crippen LogP contribution is -2.31. The minimum atomic E-state index is -0.831. The molecule has 0 saturated heterocycles. The van der Waals surface area contributed by atoms with Crippen molar-refractivity contribution in [1.29, 1.82) is 0 Å². The summed E-state index contributed by atoms with van der Waals surface area (Å²) in [6.07, 6.45) is 1.91. The second-order valence-corrected chi connectivity index (χ2v) is 4.36. The molecule has 1 aromatic rings. The number of methoxy groups -OCH3 is 2. The Bertz CT molecular complexity index is 443. The molecule has 5 nitrogen and oxygen atoms in total. The van der Waals surface area contributed by atoms with Gasteiger partial charge >= 0.3 is 5.97 Å². The summed E-state index contributed by atoms with van der Waals surface area (Å²) in [5, 5.41) is 12.2. The summed E-state index contributed by atoms with van der Waals surface area (Å²) >= 11 is 0. The van der Waals surface area contributed by atoms with Gasteiger partial charge in [0.25, 0.3) is 0 Å². The normalized spacial score (nSPS) is 15.9. The van der Waals surface area contributed by atoms with Crippen LogP contribution in [-0.4, -0.2) is 31.3 Å². The lowest BCUT2D eigenvalue weighted by atomic mass is 10.1. The summed E-state index contributed by atoms with van der Waals surface area (Å²) in [7, 11) is 3.13. The first-order chi connectivity index (χ1) is 8.65. The van der Waals surface area contributed by atoms with Crippen molar-refractivity contribution in [1.82, 2.24) is 0 Å². The van der Waals surface area contributed by atoms with Gasteiger partial charge in [0.15, 0.2) is 0 Å². The van der Waals surface area contributed by atoms with Crippen molar-refractivity contribution in [2.75, 3.05) is 19.5 Å². The van der Waals surface area contributed by atoms with Gasteiger partial charge in [-0.25, -0.2) is 4.79 Å². The van der Waals surface area contributed by atoms with E-state index in [1.165, 1.54) is 0 Å². The molecule has 0 radical (unpaired) electrons. The SMILES string of the molecule is COc1ccc(OC)c(NC(C(=O)O)C2CC2)c1. The van der Waals surface area contributed by atoms with Crippen molar-refractivity contribution in [2.45, 2.75) is 18.9 Å². The molecule has 0 bridgehead atoms. The fourth-order valence-electron chi connectivity index (χ4n) is 1.91. The van der Waals surface area contributed by atoms with Gasteiger partial charge in [-0.1, -0.05) is 0 Å². The van der Waals surface area contributed by atoms with Gasteiger partial charge in [-0.2, -0.15) is 0 Å². The molecule has 1 aliphatic rings. The Morgan fingerprint density at radius 2 is 2.11 bits per heavy atom. The van der Waals surface area contributed by atoms with Gasteiger partial charge < -0.3 is 19.9 Å². The number of carboxylic acids is 1. The van der Waals surface area contributed by atoms with Crippen molar-refractivity contribution >= 4 is 11.7 Å². The second-order valence-electron chi connectivity index (χ2n) is 4.36. The lowest BCUT2D eigenvalue weighted by molar-refractivity contribution is -0.138. The lowest BCUT2D eigenvalue weighted by Gasteiger charge is -2.18. The molecule has 18 heavy (non-hydrogen) atoms. The van der Waals surface area contributed by atoms with E-state index in [-0.39, 0.29) is 5.92 Å². The second kappa shape index (κ2) is 5.16. The van der Waals surface area contributed by atoms with Gasteiger partial charge in [-0.05, 0) is 30.9 Å². The molecule has 2 N–H and O–H groups in total. The predicted molar refractivity (Wildman–Crippen MR) is 67.3 cm³/mol. The van der Waals surface area contributed by atoms with E-state index in [9.17, 15) is 9.90 Å². The summed E-state index contributed by atoms with van der Waals surface area (Å²) in [6, 6.07) is 4.71. The highest BCUT2D eigenvalue weighted by atomic mass is 16.5. The van der Waals surface area contributed by atoms with Crippen LogP contribution in [-0.2, 0) is 4.79 Å². The van der Waals surface area contributed by atoms with Gasteiger partial charge in [0.1, 0.15) is 17.5 Å². The number of anilines is 1. The van der Waals surface area contributed by atoms with E-state index in [4.69, 9.17) is 9.47 Å². The van der Waals surface area contributed by atoms with Crippen LogP contribution in [0.5, 0.6) is 11.5 Å². The summed E-state index contributed by atoms with van der Waals surface area (Å²) in [5.41, 5.74) is 0.649. The number of carbonyl (C=O) groups is 1. The van der Waals surface area contributed by atoms with E-state index in [1.807, 2.05) is 0 Å². The van der Waals surface area contributed by atoms with Crippen molar-refractivity contribution < 1.29 is 19.4 Å². The van der Waals surface area contributed by atoms with Crippen LogP contribution < -0.4 is 14.8 Å². The highest BCUT2D eigenvalue weighted by Crippen LogP contribution is 2.37. The van der Waals surface area contributed by atoms with Gasteiger partial charge in [-0.15, -0.1) is 0 Å². The Hall–Kier alpha value is -1.91.